The number of anilines is 1. The molecule has 2 amide bonds. The summed E-state index contributed by atoms with van der Waals surface area (Å²) in [5.41, 5.74) is 6.88. The summed E-state index contributed by atoms with van der Waals surface area (Å²) in [6.45, 7) is 2.07. The minimum atomic E-state index is -0.525. The summed E-state index contributed by atoms with van der Waals surface area (Å²) in [6.07, 6.45) is 5.83. The molecule has 1 aliphatic heterocycles. The molecule has 1 aliphatic rings. The van der Waals surface area contributed by atoms with E-state index in [0.717, 1.165) is 25.9 Å². The smallest absolute Gasteiger partial charge is 0.251 e. The van der Waals surface area contributed by atoms with Crippen LogP contribution in [-0.2, 0) is 4.79 Å². The Hall–Kier alpha value is -2.19. The number of nitrogens with zero attached hydrogens (tertiary/aromatic N) is 2. The second-order valence-electron chi connectivity index (χ2n) is 5.66. The zero-order valence-corrected chi connectivity index (χ0v) is 13.4. The van der Waals surface area contributed by atoms with Gasteiger partial charge < -0.3 is 11.1 Å². The van der Waals surface area contributed by atoms with Crippen molar-refractivity contribution >= 4 is 28.2 Å². The number of likely N-dealkylation sites (tertiary alicyclic amines) is 1. The van der Waals surface area contributed by atoms with Crippen molar-refractivity contribution in [2.45, 2.75) is 18.8 Å². The highest BCUT2D eigenvalue weighted by Gasteiger charge is 2.23. The molecule has 1 fully saturated rings. The molecule has 0 spiro atoms. The van der Waals surface area contributed by atoms with Crippen LogP contribution in [-0.4, -0.2) is 46.5 Å². The van der Waals surface area contributed by atoms with Gasteiger partial charge in [0.2, 0.25) is 5.91 Å². The molecule has 2 aromatic heterocycles. The van der Waals surface area contributed by atoms with Crippen molar-refractivity contribution in [1.82, 2.24) is 15.1 Å². The van der Waals surface area contributed by atoms with Crippen LogP contribution in [0.1, 0.15) is 34.7 Å². The zero-order valence-electron chi connectivity index (χ0n) is 12.6. The molecule has 7 nitrogen and oxygen atoms in total. The molecule has 0 unspecified atom stereocenters. The Morgan fingerprint density at radius 2 is 2.22 bits per heavy atom. The lowest BCUT2D eigenvalue weighted by Crippen LogP contribution is -2.38. The predicted octanol–water partition coefficient (Wildman–Crippen LogP) is 1.39. The first-order chi connectivity index (χ1) is 11.1. The third-order valence-corrected chi connectivity index (χ3v) is 4.96. The van der Waals surface area contributed by atoms with E-state index in [1.54, 1.807) is 11.4 Å². The molecule has 122 valence electrons. The van der Waals surface area contributed by atoms with E-state index < -0.39 is 5.91 Å². The predicted molar refractivity (Wildman–Crippen MR) is 88.5 cm³/mol. The first-order valence-electron chi connectivity index (χ1n) is 7.51. The normalized spacial score (nSPS) is 16.3. The van der Waals surface area contributed by atoms with Crippen LogP contribution in [0.2, 0.25) is 0 Å². The van der Waals surface area contributed by atoms with Gasteiger partial charge in [0, 0.05) is 6.20 Å². The molecule has 0 atom stereocenters. The molecule has 3 rings (SSSR count). The second-order valence-corrected chi connectivity index (χ2v) is 6.57. The summed E-state index contributed by atoms with van der Waals surface area (Å²) in [5.74, 6) is -0.133. The third kappa shape index (κ3) is 3.77. The minimum absolute atomic E-state index is 0.114. The number of aromatic nitrogens is 2. The van der Waals surface area contributed by atoms with Crippen molar-refractivity contribution in [3.05, 3.63) is 35.0 Å². The van der Waals surface area contributed by atoms with Crippen LogP contribution in [0.15, 0.2) is 23.8 Å². The summed E-state index contributed by atoms with van der Waals surface area (Å²) in [7, 11) is 0. The van der Waals surface area contributed by atoms with E-state index in [0.29, 0.717) is 23.0 Å². The monoisotopic (exact) mass is 333 g/mol. The molecule has 0 radical (unpaired) electrons. The summed E-state index contributed by atoms with van der Waals surface area (Å²) in [4.78, 5) is 25.5. The maximum absolute atomic E-state index is 12.2. The number of thiophene rings is 1. The van der Waals surface area contributed by atoms with E-state index in [1.165, 1.54) is 16.9 Å². The van der Waals surface area contributed by atoms with Gasteiger partial charge in [-0.15, -0.1) is 11.3 Å². The Bertz CT molecular complexity index is 674. The summed E-state index contributed by atoms with van der Waals surface area (Å²) < 4.78 is 0. The SMILES string of the molecule is NC(=O)c1ccsc1NC(=O)CN1CCC(c2cn[nH]c2)CC1. The highest BCUT2D eigenvalue weighted by atomic mass is 32.1. The summed E-state index contributed by atoms with van der Waals surface area (Å²) >= 11 is 1.31. The van der Waals surface area contributed by atoms with Gasteiger partial charge in [-0.05, 0) is 48.9 Å². The van der Waals surface area contributed by atoms with E-state index >= 15 is 0 Å². The molecule has 4 N–H and O–H groups in total. The second kappa shape index (κ2) is 6.93. The highest BCUT2D eigenvalue weighted by Crippen LogP contribution is 2.27. The Kier molecular flexibility index (Phi) is 4.73. The van der Waals surface area contributed by atoms with E-state index in [9.17, 15) is 9.59 Å². The topological polar surface area (TPSA) is 104 Å². The van der Waals surface area contributed by atoms with Gasteiger partial charge in [0.25, 0.3) is 5.91 Å². The summed E-state index contributed by atoms with van der Waals surface area (Å²) in [5, 5.41) is 11.9. The van der Waals surface area contributed by atoms with E-state index in [4.69, 9.17) is 5.73 Å². The highest BCUT2D eigenvalue weighted by molar-refractivity contribution is 7.14. The number of carbonyl (C=O) groups is 2. The fraction of sp³-hybridized carbons (Fsp3) is 0.400. The molecule has 23 heavy (non-hydrogen) atoms. The molecule has 0 aromatic carbocycles. The van der Waals surface area contributed by atoms with E-state index in [2.05, 4.69) is 20.4 Å². The molecular formula is C15H19N5O2S. The lowest BCUT2D eigenvalue weighted by Gasteiger charge is -2.30. The number of carbonyl (C=O) groups excluding carboxylic acids is 2. The number of nitrogens with one attached hydrogen (secondary N) is 2. The van der Waals surface area contributed by atoms with E-state index in [-0.39, 0.29) is 5.91 Å². The van der Waals surface area contributed by atoms with Crippen LogP contribution in [0, 0.1) is 0 Å². The van der Waals surface area contributed by atoms with Gasteiger partial charge in [0.05, 0.1) is 18.3 Å². The first kappa shape index (κ1) is 15.7. The lowest BCUT2D eigenvalue weighted by molar-refractivity contribution is -0.117. The van der Waals surface area contributed by atoms with Gasteiger partial charge in [-0.25, -0.2) is 0 Å². The average Bonchev–Trinajstić information content (AvgIpc) is 3.19. The molecule has 0 saturated carbocycles. The first-order valence-corrected chi connectivity index (χ1v) is 8.39. The molecule has 1 saturated heterocycles. The Labute approximate surface area is 137 Å². The number of nitrogens with two attached hydrogens (primary N) is 1. The van der Waals surface area contributed by atoms with Crippen molar-refractivity contribution in [2.24, 2.45) is 5.73 Å². The van der Waals surface area contributed by atoms with Gasteiger partial charge in [-0.1, -0.05) is 0 Å². The van der Waals surface area contributed by atoms with Crippen molar-refractivity contribution in [3.63, 3.8) is 0 Å². The Morgan fingerprint density at radius 3 is 2.87 bits per heavy atom. The zero-order chi connectivity index (χ0) is 16.2. The van der Waals surface area contributed by atoms with Crippen LogP contribution in [0.4, 0.5) is 5.00 Å². The van der Waals surface area contributed by atoms with Crippen molar-refractivity contribution in [2.75, 3.05) is 25.0 Å². The van der Waals surface area contributed by atoms with Crippen LogP contribution >= 0.6 is 11.3 Å². The molecule has 0 aliphatic carbocycles. The van der Waals surface area contributed by atoms with Crippen LogP contribution in [0.5, 0.6) is 0 Å². The fourth-order valence-corrected chi connectivity index (χ4v) is 3.69. The molecule has 2 aromatic rings. The molecule has 3 heterocycles. The van der Waals surface area contributed by atoms with Gasteiger partial charge in [-0.2, -0.15) is 5.10 Å². The van der Waals surface area contributed by atoms with Crippen molar-refractivity contribution < 1.29 is 9.59 Å². The fourth-order valence-electron chi connectivity index (χ4n) is 2.88. The Morgan fingerprint density at radius 1 is 1.43 bits per heavy atom. The van der Waals surface area contributed by atoms with Gasteiger partial charge in [0.1, 0.15) is 5.00 Å². The van der Waals surface area contributed by atoms with Gasteiger partial charge in [-0.3, -0.25) is 19.6 Å². The number of primary amides is 1. The van der Waals surface area contributed by atoms with Crippen LogP contribution in [0.25, 0.3) is 0 Å². The largest absolute Gasteiger partial charge is 0.366 e. The average molecular weight is 333 g/mol. The number of piperidine rings is 1. The number of rotatable bonds is 5. The van der Waals surface area contributed by atoms with Gasteiger partial charge >= 0.3 is 0 Å². The van der Waals surface area contributed by atoms with Crippen molar-refractivity contribution in [3.8, 4) is 0 Å². The quantitative estimate of drug-likeness (QED) is 0.769. The number of H-pyrrole nitrogens is 1. The number of amides is 2. The molecule has 0 bridgehead atoms. The summed E-state index contributed by atoms with van der Waals surface area (Å²) in [6, 6.07) is 1.62. The maximum atomic E-state index is 12.2. The molecule has 8 heteroatoms. The van der Waals surface area contributed by atoms with Crippen LogP contribution in [0.3, 0.4) is 0 Å². The standard InChI is InChI=1S/C15H19N5O2S/c16-14(22)12-3-6-23-15(12)19-13(21)9-20-4-1-10(2-5-20)11-7-17-18-8-11/h3,6-8,10H,1-2,4-5,9H2,(H2,16,22)(H,17,18)(H,19,21). The third-order valence-electron chi connectivity index (χ3n) is 4.13. The number of aromatic amines is 1. The van der Waals surface area contributed by atoms with Crippen LogP contribution < -0.4 is 11.1 Å². The van der Waals surface area contributed by atoms with Gasteiger partial charge in [0.15, 0.2) is 0 Å². The minimum Gasteiger partial charge on any atom is -0.366 e. The van der Waals surface area contributed by atoms with Crippen molar-refractivity contribution in [1.29, 1.82) is 0 Å². The molecular weight excluding hydrogens is 314 g/mol. The van der Waals surface area contributed by atoms with E-state index in [1.807, 2.05) is 12.4 Å². The maximum Gasteiger partial charge on any atom is 0.251 e. The number of hydrogen-bond donors (Lipinski definition) is 3. The lowest BCUT2D eigenvalue weighted by atomic mass is 9.91. The Balaban J connectivity index is 1.49. The number of hydrogen-bond acceptors (Lipinski definition) is 5.